The van der Waals surface area contributed by atoms with Gasteiger partial charge in [0.15, 0.2) is 6.61 Å². The zero-order valence-electron chi connectivity index (χ0n) is 15.1. The Balaban J connectivity index is 2.00. The number of rotatable bonds is 7. The van der Waals surface area contributed by atoms with Gasteiger partial charge in [0.2, 0.25) is 10.0 Å². The second-order valence-corrected chi connectivity index (χ2v) is 8.81. The maximum atomic E-state index is 12.3. The zero-order valence-corrected chi connectivity index (χ0v) is 17.4. The van der Waals surface area contributed by atoms with Gasteiger partial charge in [-0.1, -0.05) is 41.4 Å². The molecule has 0 heterocycles. The van der Waals surface area contributed by atoms with Crippen LogP contribution in [0.5, 0.6) is 0 Å². The molecule has 7 nitrogen and oxygen atoms in total. The van der Waals surface area contributed by atoms with Crippen LogP contribution >= 0.6 is 23.2 Å². The lowest BCUT2D eigenvalue weighted by atomic mass is 10.2. The van der Waals surface area contributed by atoms with E-state index >= 15 is 0 Å². The fraction of sp³-hybridized carbons (Fsp3) is 0.222. The van der Waals surface area contributed by atoms with E-state index in [1.165, 1.54) is 26.2 Å². The SMILES string of the molecule is CN(C)S(=O)(=O)c1cc(C(=O)OCC(=O)NCc2ccccc2Cl)ccc1Cl. The predicted molar refractivity (Wildman–Crippen MR) is 106 cm³/mol. The fourth-order valence-corrected chi connectivity index (χ4v) is 3.72. The molecule has 0 aromatic heterocycles. The van der Waals surface area contributed by atoms with E-state index in [2.05, 4.69) is 5.32 Å². The Bertz CT molecular complexity index is 993. The second kappa shape index (κ2) is 9.38. The molecule has 0 fully saturated rings. The number of esters is 1. The average molecular weight is 445 g/mol. The number of hydrogen-bond acceptors (Lipinski definition) is 5. The van der Waals surface area contributed by atoms with Gasteiger partial charge in [-0.25, -0.2) is 17.5 Å². The summed E-state index contributed by atoms with van der Waals surface area (Å²) in [4.78, 5) is 23.8. The molecule has 2 aromatic rings. The van der Waals surface area contributed by atoms with Crippen LogP contribution in [-0.2, 0) is 26.1 Å². The van der Waals surface area contributed by atoms with Gasteiger partial charge in [0.1, 0.15) is 4.90 Å². The van der Waals surface area contributed by atoms with Crippen LogP contribution < -0.4 is 5.32 Å². The van der Waals surface area contributed by atoms with Crippen molar-refractivity contribution in [1.29, 1.82) is 0 Å². The number of sulfonamides is 1. The number of nitrogens with one attached hydrogen (secondary N) is 1. The van der Waals surface area contributed by atoms with Crippen molar-refractivity contribution in [2.24, 2.45) is 0 Å². The molecule has 0 unspecified atom stereocenters. The number of hydrogen-bond donors (Lipinski definition) is 1. The number of carbonyl (C=O) groups is 2. The Morgan fingerprint density at radius 2 is 1.75 bits per heavy atom. The summed E-state index contributed by atoms with van der Waals surface area (Å²) >= 11 is 11.9. The van der Waals surface area contributed by atoms with Crippen LogP contribution in [-0.4, -0.2) is 45.3 Å². The standard InChI is InChI=1S/C18H18Cl2N2O5S/c1-22(2)28(25,26)16-9-12(7-8-15(16)20)18(24)27-11-17(23)21-10-13-5-3-4-6-14(13)19/h3-9H,10-11H2,1-2H3,(H,21,23). The van der Waals surface area contributed by atoms with Crippen LogP contribution in [0.25, 0.3) is 0 Å². The number of nitrogens with zero attached hydrogens (tertiary/aromatic N) is 1. The van der Waals surface area contributed by atoms with Crippen LogP contribution in [0.15, 0.2) is 47.4 Å². The third-order valence-corrected chi connectivity index (χ3v) is 6.36. The first-order valence-corrected chi connectivity index (χ1v) is 10.2. The molecule has 150 valence electrons. The third kappa shape index (κ3) is 5.45. The van der Waals surface area contributed by atoms with Crippen LogP contribution in [0.2, 0.25) is 10.0 Å². The lowest BCUT2D eigenvalue weighted by Gasteiger charge is -2.13. The van der Waals surface area contributed by atoms with E-state index < -0.39 is 28.5 Å². The van der Waals surface area contributed by atoms with Crippen molar-refractivity contribution < 1.29 is 22.7 Å². The average Bonchev–Trinajstić information content (AvgIpc) is 2.65. The summed E-state index contributed by atoms with van der Waals surface area (Å²) in [6.07, 6.45) is 0. The predicted octanol–water partition coefficient (Wildman–Crippen LogP) is 2.72. The van der Waals surface area contributed by atoms with Crippen LogP contribution in [0.3, 0.4) is 0 Å². The first-order chi connectivity index (χ1) is 13.1. The Morgan fingerprint density at radius 1 is 1.07 bits per heavy atom. The number of amides is 1. The first kappa shape index (κ1) is 22.2. The van der Waals surface area contributed by atoms with Crippen LogP contribution in [0.4, 0.5) is 0 Å². The summed E-state index contributed by atoms with van der Waals surface area (Å²) in [5.74, 6) is -1.37. The highest BCUT2D eigenvalue weighted by Gasteiger charge is 2.23. The lowest BCUT2D eigenvalue weighted by Crippen LogP contribution is -2.28. The molecular weight excluding hydrogens is 427 g/mol. The first-order valence-electron chi connectivity index (χ1n) is 8.02. The molecule has 0 saturated carbocycles. The Kier molecular flexibility index (Phi) is 7.42. The second-order valence-electron chi connectivity index (χ2n) is 5.88. The largest absolute Gasteiger partial charge is 0.452 e. The van der Waals surface area contributed by atoms with Crippen LogP contribution in [0, 0.1) is 0 Å². The van der Waals surface area contributed by atoms with Gasteiger partial charge < -0.3 is 10.1 Å². The lowest BCUT2D eigenvalue weighted by molar-refractivity contribution is -0.124. The molecule has 2 aromatic carbocycles. The number of ether oxygens (including phenoxy) is 1. The summed E-state index contributed by atoms with van der Waals surface area (Å²) in [5.41, 5.74) is 0.684. The molecule has 0 aliphatic carbocycles. The van der Waals surface area contributed by atoms with Gasteiger partial charge >= 0.3 is 5.97 Å². The summed E-state index contributed by atoms with van der Waals surface area (Å²) in [6.45, 7) is -0.343. The van der Waals surface area contributed by atoms with Crippen molar-refractivity contribution in [3.05, 3.63) is 63.6 Å². The van der Waals surface area contributed by atoms with Crippen molar-refractivity contribution in [2.75, 3.05) is 20.7 Å². The van der Waals surface area contributed by atoms with Gasteiger partial charge in [-0.2, -0.15) is 0 Å². The molecule has 0 radical (unpaired) electrons. The Hall–Kier alpha value is -2.13. The summed E-state index contributed by atoms with van der Waals surface area (Å²) in [5, 5.41) is 3.07. The number of benzene rings is 2. The van der Waals surface area contributed by atoms with E-state index in [4.69, 9.17) is 27.9 Å². The number of carbonyl (C=O) groups excluding carboxylic acids is 2. The van der Waals surface area contributed by atoms with Gasteiger partial charge in [0, 0.05) is 25.7 Å². The van der Waals surface area contributed by atoms with Crippen molar-refractivity contribution in [2.45, 2.75) is 11.4 Å². The summed E-state index contributed by atoms with van der Waals surface area (Å²) in [7, 11) is -1.14. The minimum atomic E-state index is -3.84. The van der Waals surface area contributed by atoms with E-state index in [9.17, 15) is 18.0 Å². The van der Waals surface area contributed by atoms with Crippen molar-refractivity contribution in [1.82, 2.24) is 9.62 Å². The zero-order chi connectivity index (χ0) is 20.9. The highest BCUT2D eigenvalue weighted by molar-refractivity contribution is 7.89. The van der Waals surface area contributed by atoms with Gasteiger partial charge in [0.25, 0.3) is 5.91 Å². The quantitative estimate of drug-likeness (QED) is 0.662. The fourth-order valence-electron chi connectivity index (χ4n) is 2.13. The monoisotopic (exact) mass is 444 g/mol. The molecule has 0 bridgehead atoms. The van der Waals surface area contributed by atoms with Crippen molar-refractivity contribution in [3.8, 4) is 0 Å². The highest BCUT2D eigenvalue weighted by atomic mass is 35.5. The molecule has 0 aliphatic heterocycles. The van der Waals surface area contributed by atoms with Crippen molar-refractivity contribution in [3.63, 3.8) is 0 Å². The molecule has 28 heavy (non-hydrogen) atoms. The normalized spacial score (nSPS) is 11.3. The van der Waals surface area contributed by atoms with Crippen LogP contribution in [0.1, 0.15) is 15.9 Å². The maximum Gasteiger partial charge on any atom is 0.338 e. The van der Waals surface area contributed by atoms with Crippen molar-refractivity contribution >= 4 is 45.1 Å². The summed E-state index contributed by atoms with van der Waals surface area (Å²) in [6, 6.07) is 10.7. The molecule has 0 atom stereocenters. The van der Waals surface area contributed by atoms with E-state index in [-0.39, 0.29) is 22.0 Å². The molecule has 10 heteroatoms. The summed E-state index contributed by atoms with van der Waals surface area (Å²) < 4.78 is 30.4. The molecular formula is C18H18Cl2N2O5S. The topological polar surface area (TPSA) is 92.8 Å². The van der Waals surface area contributed by atoms with Gasteiger partial charge in [-0.3, -0.25) is 4.79 Å². The minimum absolute atomic E-state index is 0.0252. The highest BCUT2D eigenvalue weighted by Crippen LogP contribution is 2.25. The van der Waals surface area contributed by atoms with Gasteiger partial charge in [0.05, 0.1) is 10.6 Å². The van der Waals surface area contributed by atoms with E-state index in [0.717, 1.165) is 15.9 Å². The van der Waals surface area contributed by atoms with Gasteiger partial charge in [-0.05, 0) is 29.8 Å². The number of halogens is 2. The van der Waals surface area contributed by atoms with E-state index in [1.54, 1.807) is 24.3 Å². The molecule has 0 aliphatic rings. The maximum absolute atomic E-state index is 12.3. The Labute approximate surface area is 173 Å². The van der Waals surface area contributed by atoms with Gasteiger partial charge in [-0.15, -0.1) is 0 Å². The molecule has 2 rings (SSSR count). The molecule has 0 spiro atoms. The molecule has 1 N–H and O–H groups in total. The van der Waals surface area contributed by atoms with E-state index in [0.29, 0.717) is 5.02 Å². The smallest absolute Gasteiger partial charge is 0.338 e. The van der Waals surface area contributed by atoms with E-state index in [1.807, 2.05) is 0 Å². The molecule has 1 amide bonds. The Morgan fingerprint density at radius 3 is 2.39 bits per heavy atom. The third-order valence-electron chi connectivity index (χ3n) is 3.69. The minimum Gasteiger partial charge on any atom is -0.452 e. The molecule has 0 saturated heterocycles.